The van der Waals surface area contributed by atoms with E-state index in [0.29, 0.717) is 15.6 Å². The first-order valence-corrected chi connectivity index (χ1v) is 8.37. The predicted molar refractivity (Wildman–Crippen MR) is 81.2 cm³/mol. The average molecular weight is 344 g/mol. The molecule has 7 heteroatoms. The van der Waals surface area contributed by atoms with Gasteiger partial charge in [0.15, 0.2) is 0 Å². The maximum Gasteiger partial charge on any atom is 0.362 e. The summed E-state index contributed by atoms with van der Waals surface area (Å²) in [4.78, 5) is 0. The van der Waals surface area contributed by atoms with Crippen molar-refractivity contribution in [2.45, 2.75) is 13.8 Å². The second-order valence-electron chi connectivity index (χ2n) is 3.45. The predicted octanol–water partition coefficient (Wildman–Crippen LogP) is 5.80. The summed E-state index contributed by atoms with van der Waals surface area (Å²) in [6.45, 7) is 3.91. The molecule has 0 N–H and O–H groups in total. The van der Waals surface area contributed by atoms with Gasteiger partial charge < -0.3 is 9.05 Å². The van der Waals surface area contributed by atoms with Crippen LogP contribution in [-0.2, 0) is 13.6 Å². The Bertz CT molecular complexity index is 507. The van der Waals surface area contributed by atoms with Gasteiger partial charge in [-0.05, 0) is 26.0 Å². The van der Waals surface area contributed by atoms with E-state index in [1.165, 1.54) is 5.54 Å². The molecule has 0 saturated carbocycles. The van der Waals surface area contributed by atoms with E-state index < -0.39 is 7.60 Å². The number of hydrogen-bond acceptors (Lipinski definition) is 3. The fourth-order valence-corrected chi connectivity index (χ4v) is 4.17. The van der Waals surface area contributed by atoms with Crippen molar-refractivity contribution in [2.24, 2.45) is 0 Å². The van der Waals surface area contributed by atoms with Crippen LogP contribution in [0.1, 0.15) is 19.4 Å². The maximum absolute atomic E-state index is 12.7. The van der Waals surface area contributed by atoms with E-state index in [0.717, 1.165) is 0 Å². The van der Waals surface area contributed by atoms with Crippen LogP contribution in [0, 0.1) is 0 Å². The zero-order chi connectivity index (χ0) is 14.5. The van der Waals surface area contributed by atoms with E-state index >= 15 is 0 Å². The van der Waals surface area contributed by atoms with E-state index in [9.17, 15) is 4.57 Å². The standard InChI is InChI=1S/C12H14Cl3O3P/c1-3-17-19(16,18-4-2)12(8-13)10-6-5-9(14)7-11(10)15/h5-8H,3-4H2,1-2H3/b12-8-. The van der Waals surface area contributed by atoms with Gasteiger partial charge in [0.05, 0.1) is 23.6 Å². The maximum atomic E-state index is 12.7. The highest BCUT2D eigenvalue weighted by Crippen LogP contribution is 2.61. The van der Waals surface area contributed by atoms with E-state index in [2.05, 4.69) is 0 Å². The molecule has 19 heavy (non-hydrogen) atoms. The average Bonchev–Trinajstić information content (AvgIpc) is 2.33. The van der Waals surface area contributed by atoms with E-state index in [1.54, 1.807) is 32.0 Å². The summed E-state index contributed by atoms with van der Waals surface area (Å²) in [6.07, 6.45) is 0. The molecule has 0 saturated heterocycles. The van der Waals surface area contributed by atoms with Gasteiger partial charge in [0.2, 0.25) is 0 Å². The van der Waals surface area contributed by atoms with Crippen molar-refractivity contribution < 1.29 is 13.6 Å². The van der Waals surface area contributed by atoms with Gasteiger partial charge in [0.25, 0.3) is 0 Å². The second-order valence-corrected chi connectivity index (χ2v) is 6.51. The fourth-order valence-electron chi connectivity index (χ4n) is 1.48. The van der Waals surface area contributed by atoms with Crippen molar-refractivity contribution in [3.8, 4) is 0 Å². The smallest absolute Gasteiger partial charge is 0.305 e. The Morgan fingerprint density at radius 3 is 2.26 bits per heavy atom. The molecular formula is C12H14Cl3O3P. The monoisotopic (exact) mass is 342 g/mol. The van der Waals surface area contributed by atoms with Crippen LogP contribution in [0.2, 0.25) is 10.0 Å². The van der Waals surface area contributed by atoms with Crippen molar-refractivity contribution >= 4 is 47.7 Å². The topological polar surface area (TPSA) is 35.5 Å². The van der Waals surface area contributed by atoms with Crippen LogP contribution in [-0.4, -0.2) is 13.2 Å². The SMILES string of the molecule is CCOP(=O)(OCC)/C(=C\Cl)c1ccc(Cl)cc1Cl. The van der Waals surface area contributed by atoms with Crippen LogP contribution >= 0.6 is 42.4 Å². The van der Waals surface area contributed by atoms with E-state index in [-0.39, 0.29) is 18.5 Å². The Morgan fingerprint density at radius 1 is 1.26 bits per heavy atom. The van der Waals surface area contributed by atoms with Gasteiger partial charge in [0, 0.05) is 16.1 Å². The van der Waals surface area contributed by atoms with Crippen LogP contribution in [0.15, 0.2) is 23.7 Å². The van der Waals surface area contributed by atoms with Crippen LogP contribution in [0.3, 0.4) is 0 Å². The van der Waals surface area contributed by atoms with Gasteiger partial charge in [-0.1, -0.05) is 40.9 Å². The third kappa shape index (κ3) is 4.22. The molecule has 0 aliphatic heterocycles. The Hall–Kier alpha value is -0.0200. The summed E-state index contributed by atoms with van der Waals surface area (Å²) in [6, 6.07) is 4.80. The molecule has 1 aromatic carbocycles. The van der Waals surface area contributed by atoms with Crippen molar-refractivity contribution in [3.05, 3.63) is 39.3 Å². The number of benzene rings is 1. The summed E-state index contributed by atoms with van der Waals surface area (Å²) in [5.41, 5.74) is 1.65. The molecule has 0 amide bonds. The molecule has 0 spiro atoms. The normalized spacial score (nSPS) is 12.8. The summed E-state index contributed by atoms with van der Waals surface area (Å²) >= 11 is 17.7. The minimum absolute atomic E-state index is 0.222. The van der Waals surface area contributed by atoms with Crippen LogP contribution < -0.4 is 0 Å². The highest BCUT2D eigenvalue weighted by Gasteiger charge is 2.31. The summed E-state index contributed by atoms with van der Waals surface area (Å²) in [5.74, 6) is 0. The largest absolute Gasteiger partial charge is 0.362 e. The zero-order valence-corrected chi connectivity index (χ0v) is 13.7. The molecule has 0 bridgehead atoms. The third-order valence-corrected chi connectivity index (χ3v) is 5.28. The highest BCUT2D eigenvalue weighted by molar-refractivity contribution is 7.65. The third-order valence-electron chi connectivity index (χ3n) is 2.20. The van der Waals surface area contributed by atoms with E-state index in [1.807, 2.05) is 0 Å². The van der Waals surface area contributed by atoms with Crippen molar-refractivity contribution in [3.63, 3.8) is 0 Å². The first-order chi connectivity index (χ1) is 8.98. The molecule has 3 nitrogen and oxygen atoms in total. The zero-order valence-electron chi connectivity index (χ0n) is 10.5. The molecule has 0 aliphatic rings. The molecule has 0 unspecified atom stereocenters. The minimum Gasteiger partial charge on any atom is -0.305 e. The molecule has 0 atom stereocenters. The van der Waals surface area contributed by atoms with Gasteiger partial charge in [-0.3, -0.25) is 4.57 Å². The van der Waals surface area contributed by atoms with Crippen molar-refractivity contribution in [2.75, 3.05) is 13.2 Å². The lowest BCUT2D eigenvalue weighted by atomic mass is 10.2. The molecule has 0 aromatic heterocycles. The number of hydrogen-bond donors (Lipinski definition) is 0. The van der Waals surface area contributed by atoms with Gasteiger partial charge in [-0.25, -0.2) is 0 Å². The van der Waals surface area contributed by atoms with Crippen LogP contribution in [0.25, 0.3) is 5.31 Å². The lowest BCUT2D eigenvalue weighted by molar-refractivity contribution is 0.230. The van der Waals surface area contributed by atoms with Gasteiger partial charge in [-0.2, -0.15) is 0 Å². The van der Waals surface area contributed by atoms with Gasteiger partial charge in [-0.15, -0.1) is 0 Å². The summed E-state index contributed by atoms with van der Waals surface area (Å²) < 4.78 is 23.2. The molecule has 0 aliphatic carbocycles. The molecule has 0 heterocycles. The molecular weight excluding hydrogens is 329 g/mol. The first-order valence-electron chi connectivity index (χ1n) is 5.64. The fraction of sp³-hybridized carbons (Fsp3) is 0.333. The van der Waals surface area contributed by atoms with Crippen LogP contribution in [0.4, 0.5) is 0 Å². The molecule has 106 valence electrons. The van der Waals surface area contributed by atoms with Gasteiger partial charge in [0.1, 0.15) is 0 Å². The highest BCUT2D eigenvalue weighted by atomic mass is 35.5. The van der Waals surface area contributed by atoms with Crippen molar-refractivity contribution in [1.82, 2.24) is 0 Å². The Kier molecular flexibility index (Phi) is 6.89. The lowest BCUT2D eigenvalue weighted by Gasteiger charge is -2.20. The molecule has 1 aromatic rings. The quantitative estimate of drug-likeness (QED) is 0.613. The van der Waals surface area contributed by atoms with Crippen molar-refractivity contribution in [1.29, 1.82) is 0 Å². The Morgan fingerprint density at radius 2 is 1.84 bits per heavy atom. The summed E-state index contributed by atoms with van der Waals surface area (Å²) in [5, 5.41) is 1.03. The minimum atomic E-state index is -3.49. The number of halogens is 3. The molecule has 0 radical (unpaired) electrons. The second kappa shape index (κ2) is 7.68. The van der Waals surface area contributed by atoms with E-state index in [4.69, 9.17) is 43.9 Å². The van der Waals surface area contributed by atoms with Gasteiger partial charge >= 0.3 is 7.60 Å². The Balaban J connectivity index is 3.29. The molecule has 1 rings (SSSR count). The van der Waals surface area contributed by atoms with Crippen LogP contribution in [0.5, 0.6) is 0 Å². The molecule has 0 fully saturated rings. The Labute approximate surface area is 128 Å². The lowest BCUT2D eigenvalue weighted by Crippen LogP contribution is -1.99. The first kappa shape index (κ1) is 17.0. The summed E-state index contributed by atoms with van der Waals surface area (Å²) in [7, 11) is -3.49. The number of rotatable bonds is 6.